The van der Waals surface area contributed by atoms with Gasteiger partial charge >= 0.3 is 13.1 Å². The highest BCUT2D eigenvalue weighted by atomic mass is 16.4. The Morgan fingerprint density at radius 2 is 1.68 bits per heavy atom. The van der Waals surface area contributed by atoms with Gasteiger partial charge in [0.2, 0.25) is 5.91 Å². The minimum Gasteiger partial charge on any atom is -0.507 e. The topological polar surface area (TPSA) is 156 Å². The molecular weight excluding hydrogens is 367 g/mol. The summed E-state index contributed by atoms with van der Waals surface area (Å²) in [4.78, 5) is 35.0. The lowest BCUT2D eigenvalue weighted by molar-refractivity contribution is -0.120. The molecule has 10 heteroatoms. The van der Waals surface area contributed by atoms with Crippen LogP contribution in [0.4, 0.5) is 0 Å². The van der Waals surface area contributed by atoms with Gasteiger partial charge in [-0.2, -0.15) is 0 Å². The molecule has 2 rings (SSSR count). The normalized spacial score (nSPS) is 11.4. The standard InChI is InChI=1S/C18H19BN2O7/c22-15(10-20-17(24)11-5-2-1-3-6-11)21-14(19(27)28)9-12-7-4-8-13(16(12)23)18(25)26/h1-8,14,23,27-28H,9-10H2,(H,20,24)(H,21,22)(H,25,26). The van der Waals surface area contributed by atoms with Gasteiger partial charge in [-0.1, -0.05) is 30.3 Å². The molecule has 28 heavy (non-hydrogen) atoms. The Bertz CT molecular complexity index is 858. The molecular formula is C18H19BN2O7. The van der Waals surface area contributed by atoms with Gasteiger partial charge in [0.25, 0.3) is 5.91 Å². The number of carbonyl (C=O) groups excluding carboxylic acids is 2. The number of carbonyl (C=O) groups is 3. The largest absolute Gasteiger partial charge is 0.507 e. The van der Waals surface area contributed by atoms with Crippen LogP contribution >= 0.6 is 0 Å². The van der Waals surface area contributed by atoms with Gasteiger partial charge in [-0.3, -0.25) is 9.59 Å². The molecule has 0 aliphatic heterocycles. The molecule has 1 atom stereocenters. The Kier molecular flexibility index (Phi) is 7.13. The number of amides is 2. The van der Waals surface area contributed by atoms with E-state index in [1.165, 1.54) is 18.2 Å². The van der Waals surface area contributed by atoms with Crippen molar-refractivity contribution in [1.82, 2.24) is 10.6 Å². The van der Waals surface area contributed by atoms with Gasteiger partial charge in [-0.05, 0) is 30.2 Å². The Labute approximate surface area is 160 Å². The second kappa shape index (κ2) is 9.54. The average molecular weight is 386 g/mol. The van der Waals surface area contributed by atoms with Crippen LogP contribution in [0, 0.1) is 0 Å². The van der Waals surface area contributed by atoms with Crippen molar-refractivity contribution in [2.24, 2.45) is 0 Å². The van der Waals surface area contributed by atoms with Crippen LogP contribution < -0.4 is 10.6 Å². The smallest absolute Gasteiger partial charge is 0.475 e. The van der Waals surface area contributed by atoms with E-state index in [2.05, 4.69) is 10.6 Å². The number of aromatic carboxylic acids is 1. The first-order valence-corrected chi connectivity index (χ1v) is 8.32. The van der Waals surface area contributed by atoms with Crippen molar-refractivity contribution in [2.75, 3.05) is 6.54 Å². The number of benzene rings is 2. The summed E-state index contributed by atoms with van der Waals surface area (Å²) in [5.74, 6) is -4.24. The summed E-state index contributed by atoms with van der Waals surface area (Å²) in [5, 5.41) is 42.8. The van der Waals surface area contributed by atoms with Gasteiger partial charge < -0.3 is 30.9 Å². The van der Waals surface area contributed by atoms with E-state index in [1.54, 1.807) is 30.3 Å². The number of carboxylic acids is 1. The lowest BCUT2D eigenvalue weighted by Crippen LogP contribution is -2.50. The number of rotatable bonds is 8. The van der Waals surface area contributed by atoms with Crippen LogP contribution in [-0.2, 0) is 11.2 Å². The summed E-state index contributed by atoms with van der Waals surface area (Å²) in [7, 11) is -1.97. The van der Waals surface area contributed by atoms with E-state index in [4.69, 9.17) is 5.11 Å². The molecule has 0 saturated heterocycles. The molecule has 0 aliphatic rings. The summed E-state index contributed by atoms with van der Waals surface area (Å²) in [6.07, 6.45) is -0.233. The number of hydrogen-bond acceptors (Lipinski definition) is 6. The summed E-state index contributed by atoms with van der Waals surface area (Å²) in [5.41, 5.74) is 0.140. The van der Waals surface area contributed by atoms with E-state index < -0.39 is 43.1 Å². The Hall–Kier alpha value is -3.37. The quantitative estimate of drug-likeness (QED) is 0.336. The van der Waals surface area contributed by atoms with Gasteiger partial charge in [-0.15, -0.1) is 0 Å². The molecule has 2 amide bonds. The molecule has 0 saturated carbocycles. The van der Waals surface area contributed by atoms with Gasteiger partial charge in [0.05, 0.1) is 12.5 Å². The molecule has 2 aromatic carbocycles. The van der Waals surface area contributed by atoms with Crippen LogP contribution in [0.25, 0.3) is 0 Å². The fraction of sp³-hybridized carbons (Fsp3) is 0.167. The van der Waals surface area contributed by atoms with E-state index >= 15 is 0 Å². The lowest BCUT2D eigenvalue weighted by atomic mass is 9.75. The minimum absolute atomic E-state index is 0.117. The molecule has 9 nitrogen and oxygen atoms in total. The van der Waals surface area contributed by atoms with E-state index in [-0.39, 0.29) is 17.5 Å². The molecule has 0 heterocycles. The van der Waals surface area contributed by atoms with E-state index in [0.717, 1.165) is 0 Å². The SMILES string of the molecule is O=C(CNC(=O)c1ccccc1)NC(Cc1cccc(C(=O)O)c1O)B(O)O. The summed E-state index contributed by atoms with van der Waals surface area (Å²) >= 11 is 0. The summed E-state index contributed by atoms with van der Waals surface area (Å²) in [6, 6.07) is 12.2. The van der Waals surface area contributed by atoms with E-state index in [9.17, 15) is 29.5 Å². The Morgan fingerprint density at radius 3 is 2.29 bits per heavy atom. The first kappa shape index (κ1) is 20.9. The van der Waals surface area contributed by atoms with Crippen molar-refractivity contribution in [1.29, 1.82) is 0 Å². The molecule has 146 valence electrons. The van der Waals surface area contributed by atoms with Crippen molar-refractivity contribution < 1.29 is 34.6 Å². The predicted octanol–water partition coefficient (Wildman–Crippen LogP) is -0.440. The van der Waals surface area contributed by atoms with Crippen molar-refractivity contribution in [3.05, 3.63) is 65.2 Å². The molecule has 0 aliphatic carbocycles. The minimum atomic E-state index is -1.97. The number of aromatic hydroxyl groups is 1. The van der Waals surface area contributed by atoms with Gasteiger partial charge in [-0.25, -0.2) is 4.79 Å². The molecule has 0 fully saturated rings. The Morgan fingerprint density at radius 1 is 1.00 bits per heavy atom. The molecule has 0 aromatic heterocycles. The third kappa shape index (κ3) is 5.56. The predicted molar refractivity (Wildman–Crippen MR) is 99.7 cm³/mol. The third-order valence-electron chi connectivity index (χ3n) is 3.94. The fourth-order valence-electron chi connectivity index (χ4n) is 2.51. The zero-order chi connectivity index (χ0) is 20.7. The first-order valence-electron chi connectivity index (χ1n) is 8.32. The summed E-state index contributed by atoms with van der Waals surface area (Å²) in [6.45, 7) is -0.405. The van der Waals surface area contributed by atoms with Gasteiger partial charge in [0.15, 0.2) is 0 Å². The fourth-order valence-corrected chi connectivity index (χ4v) is 2.51. The zero-order valence-corrected chi connectivity index (χ0v) is 14.7. The summed E-state index contributed by atoms with van der Waals surface area (Å²) < 4.78 is 0. The van der Waals surface area contributed by atoms with Crippen molar-refractivity contribution in [3.63, 3.8) is 0 Å². The number of hydrogen-bond donors (Lipinski definition) is 6. The maximum atomic E-state index is 12.0. The number of nitrogens with one attached hydrogen (secondary N) is 2. The monoisotopic (exact) mass is 386 g/mol. The van der Waals surface area contributed by atoms with E-state index in [1.807, 2.05) is 0 Å². The van der Waals surface area contributed by atoms with Crippen molar-refractivity contribution in [2.45, 2.75) is 12.4 Å². The van der Waals surface area contributed by atoms with Crippen LogP contribution in [0.2, 0.25) is 0 Å². The lowest BCUT2D eigenvalue weighted by Gasteiger charge is -2.19. The van der Waals surface area contributed by atoms with Gasteiger partial charge in [0.1, 0.15) is 11.3 Å². The highest BCUT2D eigenvalue weighted by Crippen LogP contribution is 2.23. The highest BCUT2D eigenvalue weighted by molar-refractivity contribution is 6.43. The van der Waals surface area contributed by atoms with Crippen molar-refractivity contribution >= 4 is 24.9 Å². The second-order valence-corrected chi connectivity index (χ2v) is 5.96. The zero-order valence-electron chi connectivity index (χ0n) is 14.7. The van der Waals surface area contributed by atoms with Crippen LogP contribution in [0.5, 0.6) is 5.75 Å². The maximum Gasteiger partial charge on any atom is 0.475 e. The molecule has 1 unspecified atom stereocenters. The number of para-hydroxylation sites is 1. The van der Waals surface area contributed by atoms with Gasteiger partial charge in [0, 0.05) is 5.56 Å². The van der Waals surface area contributed by atoms with Crippen LogP contribution in [0.1, 0.15) is 26.3 Å². The molecule has 0 bridgehead atoms. The Balaban J connectivity index is 1.99. The van der Waals surface area contributed by atoms with Crippen LogP contribution in [-0.4, -0.2) is 57.6 Å². The highest BCUT2D eigenvalue weighted by Gasteiger charge is 2.27. The molecule has 0 spiro atoms. The molecule has 2 aromatic rings. The second-order valence-electron chi connectivity index (χ2n) is 5.96. The molecule has 6 N–H and O–H groups in total. The number of phenols is 1. The maximum absolute atomic E-state index is 12.0. The van der Waals surface area contributed by atoms with Crippen LogP contribution in [0.15, 0.2) is 48.5 Å². The number of carboxylic acid groups (broad SMARTS) is 1. The van der Waals surface area contributed by atoms with Crippen molar-refractivity contribution in [3.8, 4) is 5.75 Å². The third-order valence-corrected chi connectivity index (χ3v) is 3.94. The average Bonchev–Trinajstić information content (AvgIpc) is 2.67. The first-order chi connectivity index (χ1) is 13.3. The molecule has 0 radical (unpaired) electrons. The van der Waals surface area contributed by atoms with Crippen LogP contribution in [0.3, 0.4) is 0 Å². The van der Waals surface area contributed by atoms with E-state index in [0.29, 0.717) is 5.56 Å².